The lowest BCUT2D eigenvalue weighted by Crippen LogP contribution is -2.34. The molecule has 2 heterocycles. The maximum absolute atomic E-state index is 12.2. The summed E-state index contributed by atoms with van der Waals surface area (Å²) in [6.45, 7) is 3.12. The van der Waals surface area contributed by atoms with E-state index in [-0.39, 0.29) is 18.6 Å². The molecule has 1 N–H and O–H groups in total. The maximum atomic E-state index is 12.2. The van der Waals surface area contributed by atoms with Crippen molar-refractivity contribution in [3.63, 3.8) is 0 Å². The summed E-state index contributed by atoms with van der Waals surface area (Å²) in [5.74, 6) is 0.810. The van der Waals surface area contributed by atoms with Gasteiger partial charge in [0, 0.05) is 25.2 Å². The Morgan fingerprint density at radius 1 is 1.46 bits per heavy atom. The summed E-state index contributed by atoms with van der Waals surface area (Å²) in [4.78, 5) is 12.2. The lowest BCUT2D eigenvalue weighted by Gasteiger charge is -2.28. The first-order valence-corrected chi connectivity index (χ1v) is 8.27. The minimum Gasteiger partial charge on any atom is -0.493 e. The van der Waals surface area contributed by atoms with E-state index >= 15 is 0 Å². The number of hydrogen-bond acceptors (Lipinski definition) is 4. The molecule has 0 saturated carbocycles. The molecule has 0 fully saturated rings. The second kappa shape index (κ2) is 7.49. The lowest BCUT2D eigenvalue weighted by atomic mass is 9.96. The molecule has 6 nitrogen and oxygen atoms in total. The van der Waals surface area contributed by atoms with Gasteiger partial charge in [0.2, 0.25) is 5.91 Å². The summed E-state index contributed by atoms with van der Waals surface area (Å²) in [6.07, 6.45) is 3.40. The first-order valence-electron chi connectivity index (χ1n) is 8.27. The number of ether oxygens (including phenoxy) is 2. The molecule has 1 atom stereocenters. The van der Waals surface area contributed by atoms with Gasteiger partial charge < -0.3 is 14.8 Å². The number of nitrogens with zero attached hydrogens (tertiary/aromatic N) is 2. The Kier molecular flexibility index (Phi) is 5.15. The van der Waals surface area contributed by atoms with E-state index in [9.17, 15) is 4.79 Å². The van der Waals surface area contributed by atoms with Gasteiger partial charge in [-0.2, -0.15) is 5.10 Å². The van der Waals surface area contributed by atoms with Gasteiger partial charge in [-0.15, -0.1) is 0 Å². The molecule has 0 saturated heterocycles. The van der Waals surface area contributed by atoms with Crippen molar-refractivity contribution < 1.29 is 14.3 Å². The molecule has 0 spiro atoms. The molecule has 1 amide bonds. The quantitative estimate of drug-likeness (QED) is 0.882. The number of carbonyl (C=O) groups is 1. The van der Waals surface area contributed by atoms with Crippen LogP contribution in [0.3, 0.4) is 0 Å². The van der Waals surface area contributed by atoms with Crippen LogP contribution in [0.5, 0.6) is 5.75 Å². The van der Waals surface area contributed by atoms with Crippen molar-refractivity contribution in [1.82, 2.24) is 15.1 Å². The van der Waals surface area contributed by atoms with Crippen LogP contribution >= 0.6 is 0 Å². The summed E-state index contributed by atoms with van der Waals surface area (Å²) in [5, 5.41) is 7.13. The van der Waals surface area contributed by atoms with Crippen LogP contribution in [0.15, 0.2) is 30.5 Å². The topological polar surface area (TPSA) is 65.4 Å². The van der Waals surface area contributed by atoms with Crippen LogP contribution in [0.25, 0.3) is 0 Å². The number of aryl methyl sites for hydroxylation is 2. The standard InChI is InChI=1S/C18H23N3O3/c1-3-13-5-4-6-15-16(8-10-24-18(13)15)20-17(22)12-23-11-14-7-9-19-21(14)2/h4-7,9,16H,3,8,10-12H2,1-2H3,(H,20,22)/t16-/m0/s1. The normalized spacial score (nSPS) is 16.3. The number of aromatic nitrogens is 2. The van der Waals surface area contributed by atoms with Crippen LogP contribution in [0.2, 0.25) is 0 Å². The average Bonchev–Trinajstić information content (AvgIpc) is 3.00. The van der Waals surface area contributed by atoms with Gasteiger partial charge in [-0.1, -0.05) is 25.1 Å². The zero-order valence-corrected chi connectivity index (χ0v) is 14.1. The second-order valence-electron chi connectivity index (χ2n) is 5.89. The van der Waals surface area contributed by atoms with Crippen LogP contribution in [-0.4, -0.2) is 28.9 Å². The van der Waals surface area contributed by atoms with Crippen molar-refractivity contribution in [1.29, 1.82) is 0 Å². The molecular formula is C18H23N3O3. The van der Waals surface area contributed by atoms with Gasteiger partial charge in [0.05, 0.1) is 24.9 Å². The van der Waals surface area contributed by atoms with E-state index in [0.29, 0.717) is 13.2 Å². The van der Waals surface area contributed by atoms with Crippen LogP contribution < -0.4 is 10.1 Å². The number of nitrogens with one attached hydrogen (secondary N) is 1. The van der Waals surface area contributed by atoms with Crippen molar-refractivity contribution in [3.8, 4) is 5.75 Å². The summed E-state index contributed by atoms with van der Waals surface area (Å²) in [5.41, 5.74) is 3.17. The fourth-order valence-corrected chi connectivity index (χ4v) is 2.95. The lowest BCUT2D eigenvalue weighted by molar-refractivity contribution is -0.127. The molecule has 1 aliphatic heterocycles. The molecular weight excluding hydrogens is 306 g/mol. The number of para-hydroxylation sites is 1. The van der Waals surface area contributed by atoms with Crippen LogP contribution in [0.4, 0.5) is 0 Å². The Hall–Kier alpha value is -2.34. The minimum absolute atomic E-state index is 0.0203. The van der Waals surface area contributed by atoms with E-state index in [0.717, 1.165) is 29.8 Å². The molecule has 1 aliphatic rings. The predicted octanol–water partition coefficient (Wildman–Crippen LogP) is 2.14. The third-order valence-electron chi connectivity index (χ3n) is 4.28. The molecule has 0 bridgehead atoms. The number of carbonyl (C=O) groups excluding carboxylic acids is 1. The van der Waals surface area contributed by atoms with Gasteiger partial charge in [0.1, 0.15) is 12.4 Å². The predicted molar refractivity (Wildman–Crippen MR) is 89.7 cm³/mol. The van der Waals surface area contributed by atoms with Gasteiger partial charge in [0.25, 0.3) is 0 Å². The van der Waals surface area contributed by atoms with Gasteiger partial charge in [-0.25, -0.2) is 0 Å². The summed E-state index contributed by atoms with van der Waals surface area (Å²) < 4.78 is 13.0. The molecule has 1 aromatic carbocycles. The zero-order valence-electron chi connectivity index (χ0n) is 14.1. The highest BCUT2D eigenvalue weighted by Gasteiger charge is 2.24. The number of benzene rings is 1. The number of hydrogen-bond donors (Lipinski definition) is 1. The van der Waals surface area contributed by atoms with Gasteiger partial charge >= 0.3 is 0 Å². The van der Waals surface area contributed by atoms with Crippen molar-refractivity contribution in [2.45, 2.75) is 32.4 Å². The minimum atomic E-state index is -0.114. The highest BCUT2D eigenvalue weighted by Crippen LogP contribution is 2.35. The molecule has 0 aliphatic carbocycles. The molecule has 2 aromatic rings. The van der Waals surface area contributed by atoms with E-state index < -0.39 is 0 Å². The largest absolute Gasteiger partial charge is 0.493 e. The van der Waals surface area contributed by atoms with E-state index in [2.05, 4.69) is 23.4 Å². The van der Waals surface area contributed by atoms with Gasteiger partial charge in [0.15, 0.2) is 0 Å². The Balaban J connectivity index is 1.57. The van der Waals surface area contributed by atoms with Crippen molar-refractivity contribution in [2.24, 2.45) is 7.05 Å². The monoisotopic (exact) mass is 329 g/mol. The third kappa shape index (κ3) is 3.59. The van der Waals surface area contributed by atoms with E-state index in [4.69, 9.17) is 9.47 Å². The Morgan fingerprint density at radius 2 is 2.33 bits per heavy atom. The number of fused-ring (bicyclic) bond motifs is 1. The molecule has 128 valence electrons. The Bertz CT molecular complexity index is 711. The molecule has 6 heteroatoms. The van der Waals surface area contributed by atoms with Crippen LogP contribution in [0.1, 0.15) is 36.2 Å². The van der Waals surface area contributed by atoms with Crippen LogP contribution in [0, 0.1) is 0 Å². The maximum Gasteiger partial charge on any atom is 0.246 e. The van der Waals surface area contributed by atoms with Crippen LogP contribution in [-0.2, 0) is 29.6 Å². The fraction of sp³-hybridized carbons (Fsp3) is 0.444. The average molecular weight is 329 g/mol. The third-order valence-corrected chi connectivity index (χ3v) is 4.28. The van der Waals surface area contributed by atoms with E-state index in [1.807, 2.05) is 25.2 Å². The van der Waals surface area contributed by atoms with Crippen molar-refractivity contribution >= 4 is 5.91 Å². The highest BCUT2D eigenvalue weighted by atomic mass is 16.5. The van der Waals surface area contributed by atoms with E-state index in [1.54, 1.807) is 10.9 Å². The molecule has 0 unspecified atom stereocenters. The number of amides is 1. The Morgan fingerprint density at radius 3 is 3.08 bits per heavy atom. The van der Waals surface area contributed by atoms with Gasteiger partial charge in [-0.05, 0) is 18.1 Å². The first kappa shape index (κ1) is 16.5. The second-order valence-corrected chi connectivity index (χ2v) is 5.89. The van der Waals surface area contributed by atoms with E-state index in [1.165, 1.54) is 5.56 Å². The van der Waals surface area contributed by atoms with Crippen molar-refractivity contribution in [2.75, 3.05) is 13.2 Å². The van der Waals surface area contributed by atoms with Gasteiger partial charge in [-0.3, -0.25) is 9.48 Å². The molecule has 24 heavy (non-hydrogen) atoms. The van der Waals surface area contributed by atoms with Crippen molar-refractivity contribution in [3.05, 3.63) is 47.3 Å². The SMILES string of the molecule is CCc1cccc2c1OCC[C@@H]2NC(=O)COCc1ccnn1C. The smallest absolute Gasteiger partial charge is 0.246 e. The summed E-state index contributed by atoms with van der Waals surface area (Å²) in [7, 11) is 1.85. The first-order chi connectivity index (χ1) is 11.7. The zero-order chi connectivity index (χ0) is 16.9. The Labute approximate surface area is 141 Å². The fourth-order valence-electron chi connectivity index (χ4n) is 2.95. The molecule has 0 radical (unpaired) electrons. The number of rotatable bonds is 6. The highest BCUT2D eigenvalue weighted by molar-refractivity contribution is 5.78. The molecule has 3 rings (SSSR count). The summed E-state index contributed by atoms with van der Waals surface area (Å²) >= 11 is 0. The molecule has 1 aromatic heterocycles. The summed E-state index contributed by atoms with van der Waals surface area (Å²) in [6, 6.07) is 7.96.